The first-order chi connectivity index (χ1) is 8.67. The molecule has 0 saturated carbocycles. The maximum atomic E-state index is 11.9. The predicted octanol–water partition coefficient (Wildman–Crippen LogP) is 0.622. The van der Waals surface area contributed by atoms with Gasteiger partial charge in [-0.1, -0.05) is 19.8 Å². The molecule has 0 aliphatic heterocycles. The van der Waals surface area contributed by atoms with Gasteiger partial charge in [-0.05, 0) is 13.3 Å². The summed E-state index contributed by atoms with van der Waals surface area (Å²) in [6.45, 7) is 6.49. The third kappa shape index (κ3) is 7.63. The summed E-state index contributed by atoms with van der Waals surface area (Å²) in [6, 6.07) is -0.228. The zero-order chi connectivity index (χ0) is 13.8. The van der Waals surface area contributed by atoms with Crippen molar-refractivity contribution in [2.75, 3.05) is 40.0 Å². The van der Waals surface area contributed by atoms with E-state index in [0.29, 0.717) is 19.7 Å². The first kappa shape index (κ1) is 17.4. The summed E-state index contributed by atoms with van der Waals surface area (Å²) in [7, 11) is 1.63. The summed E-state index contributed by atoms with van der Waals surface area (Å²) >= 11 is 0. The lowest BCUT2D eigenvalue weighted by Crippen LogP contribution is -2.47. The molecule has 5 heteroatoms. The molecule has 0 spiro atoms. The summed E-state index contributed by atoms with van der Waals surface area (Å²) in [4.78, 5) is 13.8. The van der Waals surface area contributed by atoms with Crippen LogP contribution in [0.4, 0.5) is 0 Å². The van der Waals surface area contributed by atoms with Gasteiger partial charge in [-0.2, -0.15) is 0 Å². The Morgan fingerprint density at radius 2 is 2.11 bits per heavy atom. The second-order valence-electron chi connectivity index (χ2n) is 4.43. The Balaban J connectivity index is 4.02. The molecule has 108 valence electrons. The Kier molecular flexibility index (Phi) is 11.0. The molecule has 0 radical (unpaired) electrons. The monoisotopic (exact) mass is 260 g/mol. The molecule has 1 amide bonds. The number of rotatable bonds is 11. The lowest BCUT2D eigenvalue weighted by atomic mass is 10.2. The Hall–Kier alpha value is -0.650. The van der Waals surface area contributed by atoms with Crippen LogP contribution in [0, 0.1) is 0 Å². The average molecular weight is 260 g/mol. The van der Waals surface area contributed by atoms with Gasteiger partial charge in [0.1, 0.15) is 0 Å². The molecule has 0 aromatic heterocycles. The Morgan fingerprint density at radius 1 is 1.39 bits per heavy atom. The minimum atomic E-state index is -0.228. The van der Waals surface area contributed by atoms with Crippen molar-refractivity contribution in [3.63, 3.8) is 0 Å². The molecular weight excluding hydrogens is 232 g/mol. The largest absolute Gasteiger partial charge is 0.395 e. The molecule has 0 aromatic rings. The van der Waals surface area contributed by atoms with Crippen LogP contribution in [0.15, 0.2) is 0 Å². The smallest absolute Gasteiger partial charge is 0.237 e. The quantitative estimate of drug-likeness (QED) is 0.535. The van der Waals surface area contributed by atoms with Gasteiger partial charge < -0.3 is 15.2 Å². The van der Waals surface area contributed by atoms with E-state index in [1.807, 2.05) is 11.8 Å². The minimum Gasteiger partial charge on any atom is -0.395 e. The van der Waals surface area contributed by atoms with Gasteiger partial charge >= 0.3 is 0 Å². The average Bonchev–Trinajstić information content (AvgIpc) is 2.38. The Labute approximate surface area is 110 Å². The number of amides is 1. The van der Waals surface area contributed by atoms with Crippen molar-refractivity contribution < 1.29 is 14.6 Å². The van der Waals surface area contributed by atoms with E-state index in [1.54, 1.807) is 7.11 Å². The number of nitrogens with zero attached hydrogens (tertiary/aromatic N) is 1. The normalized spacial score (nSPS) is 12.7. The second kappa shape index (κ2) is 11.4. The first-order valence-corrected chi connectivity index (χ1v) is 6.78. The Bertz CT molecular complexity index is 212. The van der Waals surface area contributed by atoms with Crippen LogP contribution in [0.5, 0.6) is 0 Å². The summed E-state index contributed by atoms with van der Waals surface area (Å²) in [5.41, 5.74) is 0. The molecule has 0 aliphatic rings. The van der Waals surface area contributed by atoms with E-state index in [9.17, 15) is 4.79 Å². The highest BCUT2D eigenvalue weighted by Crippen LogP contribution is 1.99. The van der Waals surface area contributed by atoms with Crippen LogP contribution >= 0.6 is 0 Å². The predicted molar refractivity (Wildman–Crippen MR) is 72.5 cm³/mol. The third-order valence-electron chi connectivity index (χ3n) is 2.98. The number of nitrogens with one attached hydrogen (secondary N) is 1. The van der Waals surface area contributed by atoms with Gasteiger partial charge in [0.15, 0.2) is 0 Å². The second-order valence-corrected chi connectivity index (χ2v) is 4.43. The maximum Gasteiger partial charge on any atom is 0.237 e. The zero-order valence-corrected chi connectivity index (χ0v) is 11.9. The molecular formula is C13H28N2O3. The van der Waals surface area contributed by atoms with Crippen molar-refractivity contribution in [2.45, 2.75) is 39.2 Å². The molecule has 1 atom stereocenters. The van der Waals surface area contributed by atoms with Crippen molar-refractivity contribution in [1.29, 1.82) is 0 Å². The van der Waals surface area contributed by atoms with Crippen LogP contribution in [0.25, 0.3) is 0 Å². The summed E-state index contributed by atoms with van der Waals surface area (Å²) in [5, 5.41) is 11.9. The van der Waals surface area contributed by atoms with Gasteiger partial charge in [-0.3, -0.25) is 9.69 Å². The maximum absolute atomic E-state index is 11.9. The van der Waals surface area contributed by atoms with Crippen molar-refractivity contribution in [3.8, 4) is 0 Å². The van der Waals surface area contributed by atoms with Gasteiger partial charge in [0.2, 0.25) is 5.91 Å². The third-order valence-corrected chi connectivity index (χ3v) is 2.98. The molecule has 5 nitrogen and oxygen atoms in total. The zero-order valence-electron chi connectivity index (χ0n) is 11.9. The van der Waals surface area contributed by atoms with Crippen molar-refractivity contribution >= 4 is 5.91 Å². The number of aliphatic hydroxyl groups is 1. The molecule has 0 heterocycles. The van der Waals surface area contributed by atoms with Crippen molar-refractivity contribution in [2.24, 2.45) is 0 Å². The van der Waals surface area contributed by atoms with E-state index >= 15 is 0 Å². The SMILES string of the molecule is CCCCCNC(=O)C(C)N(CCO)CCOC. The summed E-state index contributed by atoms with van der Waals surface area (Å²) in [6.07, 6.45) is 3.31. The number of unbranched alkanes of at least 4 members (excludes halogenated alkanes) is 2. The number of methoxy groups -OCH3 is 1. The fraction of sp³-hybridized carbons (Fsp3) is 0.923. The fourth-order valence-corrected chi connectivity index (χ4v) is 1.74. The van der Waals surface area contributed by atoms with Gasteiger partial charge in [-0.15, -0.1) is 0 Å². The number of carbonyl (C=O) groups excluding carboxylic acids is 1. The highest BCUT2D eigenvalue weighted by molar-refractivity contribution is 5.81. The van der Waals surface area contributed by atoms with Crippen molar-refractivity contribution in [1.82, 2.24) is 10.2 Å². The van der Waals surface area contributed by atoms with E-state index in [2.05, 4.69) is 12.2 Å². The van der Waals surface area contributed by atoms with Crippen LogP contribution in [-0.2, 0) is 9.53 Å². The molecule has 2 N–H and O–H groups in total. The van der Waals surface area contributed by atoms with Gasteiger partial charge in [0.05, 0.1) is 19.3 Å². The van der Waals surface area contributed by atoms with E-state index in [-0.39, 0.29) is 18.6 Å². The topological polar surface area (TPSA) is 61.8 Å². The van der Waals surface area contributed by atoms with E-state index in [4.69, 9.17) is 9.84 Å². The number of carbonyl (C=O) groups is 1. The van der Waals surface area contributed by atoms with Gasteiger partial charge in [0, 0.05) is 26.7 Å². The molecule has 1 unspecified atom stereocenters. The van der Waals surface area contributed by atoms with Gasteiger partial charge in [-0.25, -0.2) is 0 Å². The molecule has 0 bridgehead atoms. The molecule has 0 saturated heterocycles. The standard InChI is InChI=1S/C13H28N2O3/c1-4-5-6-7-14-13(17)12(2)15(8-10-16)9-11-18-3/h12,16H,4-11H2,1-3H3,(H,14,17). The van der Waals surface area contributed by atoms with Crippen LogP contribution in [0.2, 0.25) is 0 Å². The summed E-state index contributed by atoms with van der Waals surface area (Å²) in [5.74, 6) is 0.0238. The number of hydrogen-bond donors (Lipinski definition) is 2. The van der Waals surface area contributed by atoms with Crippen LogP contribution < -0.4 is 5.32 Å². The lowest BCUT2D eigenvalue weighted by molar-refractivity contribution is -0.126. The lowest BCUT2D eigenvalue weighted by Gasteiger charge is -2.27. The number of ether oxygens (including phenoxy) is 1. The fourth-order valence-electron chi connectivity index (χ4n) is 1.74. The Morgan fingerprint density at radius 3 is 2.67 bits per heavy atom. The van der Waals surface area contributed by atoms with Crippen LogP contribution in [0.3, 0.4) is 0 Å². The minimum absolute atomic E-state index is 0.0238. The molecule has 0 aromatic carbocycles. The van der Waals surface area contributed by atoms with Gasteiger partial charge in [0.25, 0.3) is 0 Å². The van der Waals surface area contributed by atoms with Crippen molar-refractivity contribution in [3.05, 3.63) is 0 Å². The number of aliphatic hydroxyl groups excluding tert-OH is 1. The highest BCUT2D eigenvalue weighted by Gasteiger charge is 2.19. The van der Waals surface area contributed by atoms with E-state index in [0.717, 1.165) is 25.8 Å². The molecule has 0 fully saturated rings. The highest BCUT2D eigenvalue weighted by atomic mass is 16.5. The summed E-state index contributed by atoms with van der Waals surface area (Å²) < 4.78 is 5.01. The molecule has 0 aliphatic carbocycles. The van der Waals surface area contributed by atoms with Crippen LogP contribution in [0.1, 0.15) is 33.1 Å². The van der Waals surface area contributed by atoms with Crippen LogP contribution in [-0.4, -0.2) is 61.9 Å². The van der Waals surface area contributed by atoms with E-state index < -0.39 is 0 Å². The molecule has 0 rings (SSSR count). The first-order valence-electron chi connectivity index (χ1n) is 6.78. The van der Waals surface area contributed by atoms with E-state index in [1.165, 1.54) is 0 Å². The molecule has 18 heavy (non-hydrogen) atoms. The number of hydrogen-bond acceptors (Lipinski definition) is 4.